The molecule has 2 aliphatic rings. The van der Waals surface area contributed by atoms with Gasteiger partial charge in [0.25, 0.3) is 0 Å². The fourth-order valence-corrected chi connectivity index (χ4v) is 4.63. The van der Waals surface area contributed by atoms with E-state index in [0.717, 1.165) is 45.4 Å². The summed E-state index contributed by atoms with van der Waals surface area (Å²) in [5.41, 5.74) is 4.05. The highest BCUT2D eigenvalue weighted by Crippen LogP contribution is 2.35. The van der Waals surface area contributed by atoms with E-state index < -0.39 is 0 Å². The van der Waals surface area contributed by atoms with Crippen LogP contribution < -0.4 is 0 Å². The van der Waals surface area contributed by atoms with Crippen LogP contribution >= 0.6 is 0 Å². The van der Waals surface area contributed by atoms with Crippen molar-refractivity contribution in [2.45, 2.75) is 38.8 Å². The molecule has 0 spiro atoms. The fourth-order valence-electron chi connectivity index (χ4n) is 4.63. The Labute approximate surface area is 174 Å². The van der Waals surface area contributed by atoms with Crippen molar-refractivity contribution in [2.75, 3.05) is 32.8 Å². The molecule has 0 saturated carbocycles. The highest BCUT2D eigenvalue weighted by Gasteiger charge is 2.35. The first-order valence-electron chi connectivity index (χ1n) is 11.0. The monoisotopic (exact) mass is 392 g/mol. The molecular weight excluding hydrogens is 360 g/mol. The van der Waals surface area contributed by atoms with E-state index in [-0.39, 0.29) is 5.92 Å². The second-order valence-electron chi connectivity index (χ2n) is 8.24. The van der Waals surface area contributed by atoms with E-state index in [4.69, 9.17) is 4.74 Å². The number of aryl methyl sites for hydroxylation is 1. The van der Waals surface area contributed by atoms with E-state index >= 15 is 0 Å². The number of rotatable bonds is 5. The zero-order valence-electron chi connectivity index (χ0n) is 17.4. The maximum Gasteiger partial charge on any atom is 0.227 e. The van der Waals surface area contributed by atoms with Crippen LogP contribution in [0.2, 0.25) is 0 Å². The van der Waals surface area contributed by atoms with E-state index in [1.807, 2.05) is 4.90 Å². The Balaban J connectivity index is 1.52. The van der Waals surface area contributed by atoms with Crippen LogP contribution in [0, 0.1) is 5.92 Å². The minimum Gasteiger partial charge on any atom is -0.378 e. The third kappa shape index (κ3) is 4.88. The summed E-state index contributed by atoms with van der Waals surface area (Å²) in [5.74, 6) is 0.397. The third-order valence-corrected chi connectivity index (χ3v) is 6.36. The van der Waals surface area contributed by atoms with Gasteiger partial charge in [0.1, 0.15) is 0 Å². The Hall–Kier alpha value is -2.17. The van der Waals surface area contributed by atoms with Crippen LogP contribution in [-0.2, 0) is 22.5 Å². The van der Waals surface area contributed by atoms with Gasteiger partial charge in [-0.2, -0.15) is 0 Å². The average molecular weight is 393 g/mol. The maximum atomic E-state index is 13.1. The number of ether oxygens (including phenoxy) is 1. The fraction of sp³-hybridized carbons (Fsp3) is 0.480. The summed E-state index contributed by atoms with van der Waals surface area (Å²) < 4.78 is 5.43. The molecule has 2 aromatic rings. The predicted octanol–water partition coefficient (Wildman–Crippen LogP) is 4.06. The van der Waals surface area contributed by atoms with Gasteiger partial charge in [-0.1, -0.05) is 61.5 Å². The van der Waals surface area contributed by atoms with Crippen LogP contribution in [0.5, 0.6) is 0 Å². The van der Waals surface area contributed by atoms with Crippen molar-refractivity contribution in [1.29, 1.82) is 0 Å². The summed E-state index contributed by atoms with van der Waals surface area (Å²) in [6, 6.07) is 20.1. The normalized spacial score (nSPS) is 23.1. The van der Waals surface area contributed by atoms with Gasteiger partial charge in [0.15, 0.2) is 0 Å². The van der Waals surface area contributed by atoms with E-state index in [9.17, 15) is 4.79 Å². The molecule has 0 aliphatic carbocycles. The number of nitrogens with zero attached hydrogens (tertiary/aromatic N) is 2. The minimum absolute atomic E-state index is 0.0861. The van der Waals surface area contributed by atoms with E-state index in [0.29, 0.717) is 25.2 Å². The molecule has 4 nitrogen and oxygen atoms in total. The van der Waals surface area contributed by atoms with Crippen molar-refractivity contribution in [1.82, 2.24) is 9.80 Å². The maximum absolute atomic E-state index is 13.1. The molecule has 29 heavy (non-hydrogen) atoms. The minimum atomic E-state index is 0.0861. The first kappa shape index (κ1) is 20.1. The number of benzene rings is 2. The van der Waals surface area contributed by atoms with Gasteiger partial charge in [0.2, 0.25) is 5.91 Å². The topological polar surface area (TPSA) is 32.8 Å². The average Bonchev–Trinajstić information content (AvgIpc) is 2.80. The van der Waals surface area contributed by atoms with Crippen molar-refractivity contribution in [3.8, 4) is 0 Å². The van der Waals surface area contributed by atoms with E-state index in [2.05, 4.69) is 66.4 Å². The highest BCUT2D eigenvalue weighted by atomic mass is 16.5. The molecule has 0 bridgehead atoms. The summed E-state index contributed by atoms with van der Waals surface area (Å²) in [6.07, 6.45) is 3.05. The molecule has 4 rings (SSSR count). The summed E-state index contributed by atoms with van der Waals surface area (Å²) in [4.78, 5) is 17.6. The summed E-state index contributed by atoms with van der Waals surface area (Å²) in [5, 5.41) is 0. The van der Waals surface area contributed by atoms with Crippen molar-refractivity contribution < 1.29 is 9.53 Å². The third-order valence-electron chi connectivity index (χ3n) is 6.36. The number of piperidine rings is 1. The van der Waals surface area contributed by atoms with Gasteiger partial charge in [-0.05, 0) is 36.0 Å². The van der Waals surface area contributed by atoms with Crippen molar-refractivity contribution in [2.24, 2.45) is 5.92 Å². The lowest BCUT2D eigenvalue weighted by Gasteiger charge is -2.41. The molecule has 1 amide bonds. The number of hydrogen-bond donors (Lipinski definition) is 0. The number of likely N-dealkylation sites (tertiary alicyclic amines) is 1. The molecule has 2 atom stereocenters. The second-order valence-corrected chi connectivity index (χ2v) is 8.24. The van der Waals surface area contributed by atoms with E-state index in [1.165, 1.54) is 16.7 Å². The van der Waals surface area contributed by atoms with Gasteiger partial charge in [-0.15, -0.1) is 0 Å². The number of morpholine rings is 1. The van der Waals surface area contributed by atoms with E-state index in [1.54, 1.807) is 0 Å². The largest absolute Gasteiger partial charge is 0.378 e. The van der Waals surface area contributed by atoms with Crippen LogP contribution in [0.25, 0.3) is 0 Å². The molecule has 154 valence electrons. The lowest BCUT2D eigenvalue weighted by Crippen LogP contribution is -2.48. The quantitative estimate of drug-likeness (QED) is 0.769. The van der Waals surface area contributed by atoms with Crippen molar-refractivity contribution in [3.05, 3.63) is 71.3 Å². The lowest BCUT2D eigenvalue weighted by atomic mass is 9.87. The Morgan fingerprint density at radius 3 is 2.38 bits per heavy atom. The van der Waals surface area contributed by atoms with Gasteiger partial charge in [0, 0.05) is 32.2 Å². The Kier molecular flexibility index (Phi) is 6.63. The Morgan fingerprint density at radius 2 is 1.69 bits per heavy atom. The van der Waals surface area contributed by atoms with Gasteiger partial charge >= 0.3 is 0 Å². The van der Waals surface area contributed by atoms with Crippen LogP contribution in [0.1, 0.15) is 42.5 Å². The van der Waals surface area contributed by atoms with Crippen LogP contribution in [0.3, 0.4) is 0 Å². The zero-order chi connectivity index (χ0) is 20.1. The molecule has 0 aromatic heterocycles. The second kappa shape index (κ2) is 9.55. The number of carbonyl (C=O) groups is 1. The first-order chi connectivity index (χ1) is 14.2. The number of amides is 1. The molecule has 2 unspecified atom stereocenters. The van der Waals surface area contributed by atoms with Crippen LogP contribution in [0.15, 0.2) is 54.6 Å². The summed E-state index contributed by atoms with van der Waals surface area (Å²) in [6.45, 7) is 6.70. The number of hydrogen-bond acceptors (Lipinski definition) is 3. The van der Waals surface area contributed by atoms with Crippen molar-refractivity contribution >= 4 is 5.91 Å². The summed E-state index contributed by atoms with van der Waals surface area (Å²) >= 11 is 0. The molecule has 0 radical (unpaired) electrons. The standard InChI is InChI=1S/C25H32N2O2/c1-2-20-8-10-22(11-9-20)24-13-12-23(25(28)26-14-16-29-17-15-26)19-27(24)18-21-6-4-3-5-7-21/h3-11,23-24H,2,12-19H2,1H3. The Bertz CT molecular complexity index is 784. The van der Waals surface area contributed by atoms with Crippen molar-refractivity contribution in [3.63, 3.8) is 0 Å². The number of carbonyl (C=O) groups excluding carboxylic acids is 1. The highest BCUT2D eigenvalue weighted by molar-refractivity contribution is 5.79. The Morgan fingerprint density at radius 1 is 0.966 bits per heavy atom. The molecule has 4 heteroatoms. The molecule has 2 aromatic carbocycles. The SMILES string of the molecule is CCc1ccc(C2CCC(C(=O)N3CCOCC3)CN2Cc2ccccc2)cc1. The molecular formula is C25H32N2O2. The van der Waals surface area contributed by atoms with Gasteiger partial charge in [-0.25, -0.2) is 0 Å². The lowest BCUT2D eigenvalue weighted by molar-refractivity contribution is -0.142. The molecule has 2 heterocycles. The molecule has 2 fully saturated rings. The zero-order valence-corrected chi connectivity index (χ0v) is 17.4. The molecule has 0 N–H and O–H groups in total. The molecule has 2 saturated heterocycles. The van der Waals surface area contributed by atoms with Crippen LogP contribution in [-0.4, -0.2) is 48.6 Å². The first-order valence-corrected chi connectivity index (χ1v) is 11.0. The molecule has 2 aliphatic heterocycles. The smallest absolute Gasteiger partial charge is 0.227 e. The van der Waals surface area contributed by atoms with Gasteiger partial charge in [0.05, 0.1) is 19.1 Å². The summed E-state index contributed by atoms with van der Waals surface area (Å²) in [7, 11) is 0. The van der Waals surface area contributed by atoms with Crippen LogP contribution in [0.4, 0.5) is 0 Å². The predicted molar refractivity (Wildman–Crippen MR) is 116 cm³/mol. The van der Waals surface area contributed by atoms with Gasteiger partial charge < -0.3 is 9.64 Å². The van der Waals surface area contributed by atoms with Gasteiger partial charge in [-0.3, -0.25) is 9.69 Å².